The van der Waals surface area contributed by atoms with Gasteiger partial charge >= 0.3 is 0 Å². The van der Waals surface area contributed by atoms with Gasteiger partial charge in [-0.2, -0.15) is 0 Å². The average Bonchev–Trinajstić information content (AvgIpc) is 3.50. The second-order valence-corrected chi connectivity index (χ2v) is 13.8. The summed E-state index contributed by atoms with van der Waals surface area (Å²) in [6.07, 6.45) is 4.39. The van der Waals surface area contributed by atoms with Crippen LogP contribution in [0.4, 0.5) is 0 Å². The van der Waals surface area contributed by atoms with Crippen LogP contribution in [0.15, 0.2) is 59.4 Å². The topological polar surface area (TPSA) is 144 Å². The molecule has 1 aliphatic heterocycles. The van der Waals surface area contributed by atoms with E-state index in [2.05, 4.69) is 26.3 Å². The van der Waals surface area contributed by atoms with Crippen molar-refractivity contribution in [3.8, 4) is 28.5 Å². The zero-order valence-electron chi connectivity index (χ0n) is 26.9. The summed E-state index contributed by atoms with van der Waals surface area (Å²) in [5.74, 6) is 2.31. The summed E-state index contributed by atoms with van der Waals surface area (Å²) in [5, 5.41) is 11.7. The van der Waals surface area contributed by atoms with Crippen LogP contribution in [0.5, 0.6) is 5.75 Å². The van der Waals surface area contributed by atoms with Crippen molar-refractivity contribution in [2.24, 2.45) is 24.6 Å². The largest absolute Gasteiger partial charge is 0.494 e. The lowest BCUT2D eigenvalue weighted by atomic mass is 10.0. The van der Waals surface area contributed by atoms with Crippen molar-refractivity contribution in [2.75, 3.05) is 13.7 Å². The Morgan fingerprint density at radius 2 is 1.92 bits per heavy atom. The lowest BCUT2D eigenvalue weighted by molar-refractivity contribution is 0.0700. The number of aliphatic hydroxyl groups is 1. The van der Waals surface area contributed by atoms with Gasteiger partial charge in [0, 0.05) is 65.7 Å². The number of aryl methyl sites for hydroxylation is 1. The van der Waals surface area contributed by atoms with E-state index in [4.69, 9.17) is 20.4 Å². The van der Waals surface area contributed by atoms with Crippen LogP contribution in [0.2, 0.25) is 0 Å². The third kappa shape index (κ3) is 4.48. The Hall–Kier alpha value is -5.00. The number of H-pyrrole nitrogens is 1. The molecular weight excluding hydrogens is 606 g/mol. The first-order chi connectivity index (χ1) is 23.3. The highest BCUT2D eigenvalue weighted by molar-refractivity contribution is 6.00. The zero-order chi connectivity index (χ0) is 32.8. The minimum atomic E-state index is -0.241. The maximum absolute atomic E-state index is 13.8. The number of carbonyl (C=O) groups is 1. The number of amides is 1. The highest BCUT2D eigenvalue weighted by atomic mass is 16.5. The van der Waals surface area contributed by atoms with Crippen molar-refractivity contribution in [3.63, 3.8) is 0 Å². The summed E-state index contributed by atoms with van der Waals surface area (Å²) in [4.78, 5) is 40.9. The number of nitrogens with one attached hydrogen (secondary N) is 1. The first-order valence-corrected chi connectivity index (χ1v) is 16.7. The monoisotopic (exact) mass is 643 g/mol. The van der Waals surface area contributed by atoms with Crippen LogP contribution in [0, 0.1) is 11.8 Å². The molecule has 2 saturated carbocycles. The highest BCUT2D eigenvalue weighted by Gasteiger charge is 2.47. The van der Waals surface area contributed by atoms with Gasteiger partial charge < -0.3 is 34.6 Å². The number of hydrogen-bond acceptors (Lipinski definition) is 7. The fraction of sp³-hybridized carbons (Fsp3) is 0.351. The molecule has 2 aromatic carbocycles. The van der Waals surface area contributed by atoms with E-state index >= 15 is 0 Å². The Labute approximate surface area is 276 Å². The molecule has 11 heteroatoms. The molecule has 3 aliphatic rings. The number of aromatic nitrogens is 5. The van der Waals surface area contributed by atoms with E-state index in [1.165, 1.54) is 18.9 Å². The Morgan fingerprint density at radius 1 is 1.06 bits per heavy atom. The predicted octanol–water partition coefficient (Wildman–Crippen LogP) is 4.57. The first-order valence-electron chi connectivity index (χ1n) is 16.7. The van der Waals surface area contributed by atoms with E-state index < -0.39 is 0 Å². The molecule has 2 aliphatic carbocycles. The summed E-state index contributed by atoms with van der Waals surface area (Å²) in [6.45, 7) is 1.30. The molecule has 3 fully saturated rings. The summed E-state index contributed by atoms with van der Waals surface area (Å²) >= 11 is 0. The molecule has 0 spiro atoms. The molecule has 0 unspecified atom stereocenters. The van der Waals surface area contributed by atoms with Crippen LogP contribution < -0.4 is 16.0 Å². The van der Waals surface area contributed by atoms with E-state index in [0.717, 1.165) is 64.1 Å². The molecule has 9 rings (SSSR count). The molecule has 4 aromatic heterocycles. The summed E-state index contributed by atoms with van der Waals surface area (Å²) < 4.78 is 10.2. The van der Waals surface area contributed by atoms with Crippen LogP contribution in [-0.2, 0) is 20.2 Å². The van der Waals surface area contributed by atoms with Gasteiger partial charge in [-0.25, -0.2) is 9.97 Å². The second kappa shape index (κ2) is 10.8. The number of nitrogens with two attached hydrogens (primary N) is 1. The Balaban J connectivity index is 1.15. The molecule has 1 saturated heterocycles. The minimum Gasteiger partial charge on any atom is -0.494 e. The maximum atomic E-state index is 13.8. The number of pyridine rings is 2. The van der Waals surface area contributed by atoms with E-state index in [1.807, 2.05) is 48.3 Å². The van der Waals surface area contributed by atoms with Crippen molar-refractivity contribution in [1.82, 2.24) is 29.0 Å². The number of rotatable bonds is 7. The summed E-state index contributed by atoms with van der Waals surface area (Å²) in [6, 6.07) is 17.3. The number of carbonyl (C=O) groups excluding carboxylic acids is 1. The number of nitrogens with zero attached hydrogens (tertiary/aromatic N) is 5. The summed E-state index contributed by atoms with van der Waals surface area (Å²) in [5.41, 5.74) is 13.1. The predicted molar refractivity (Wildman–Crippen MR) is 184 cm³/mol. The number of aromatic amines is 1. The fourth-order valence-corrected chi connectivity index (χ4v) is 8.10. The van der Waals surface area contributed by atoms with Gasteiger partial charge in [0.1, 0.15) is 16.9 Å². The van der Waals surface area contributed by atoms with E-state index in [9.17, 15) is 14.7 Å². The van der Waals surface area contributed by atoms with Gasteiger partial charge in [-0.1, -0.05) is 6.07 Å². The number of likely N-dealkylation sites (tertiary alicyclic amines) is 1. The quantitative estimate of drug-likeness (QED) is 0.231. The molecule has 2 bridgehead atoms. The van der Waals surface area contributed by atoms with Crippen LogP contribution in [0.25, 0.3) is 55.7 Å². The number of methoxy groups -OCH3 is 1. The van der Waals surface area contributed by atoms with Crippen molar-refractivity contribution < 1.29 is 14.6 Å². The van der Waals surface area contributed by atoms with Gasteiger partial charge in [0.05, 0.1) is 30.6 Å². The van der Waals surface area contributed by atoms with Gasteiger partial charge in [0.15, 0.2) is 5.82 Å². The molecule has 1 amide bonds. The number of imidazole rings is 1. The van der Waals surface area contributed by atoms with Crippen molar-refractivity contribution in [3.05, 3.63) is 76.1 Å². The van der Waals surface area contributed by atoms with Gasteiger partial charge in [-0.15, -0.1) is 0 Å². The third-order valence-corrected chi connectivity index (χ3v) is 10.8. The Bertz CT molecular complexity index is 2350. The molecule has 0 radical (unpaired) electrons. The van der Waals surface area contributed by atoms with E-state index in [0.29, 0.717) is 46.3 Å². The van der Waals surface area contributed by atoms with Crippen LogP contribution in [0.3, 0.4) is 0 Å². The molecule has 48 heavy (non-hydrogen) atoms. The fourth-order valence-electron chi connectivity index (χ4n) is 8.10. The Kier molecular flexibility index (Phi) is 6.54. The van der Waals surface area contributed by atoms with E-state index in [1.54, 1.807) is 7.11 Å². The standard InChI is InChI=1S/C37H37N7O4/c1-42-34-28(12-23(14-31(34)48-2)37(47)44-17-22-7-10-29(44)33(22)38)41-36(42)30-13-21-6-8-26(40-35(21)43(30)16-19-3-4-19)20-5-9-27-25(11-20)24(18-45)15-32(46)39-27/h5-6,8-9,11-15,19,22,29,33,45H,3-4,7,10,16-18,38H2,1-2H3,(H,39,46)/t22-,29-,33-/m1/s1. The first kappa shape index (κ1) is 29.2. The number of piperidine rings is 1. The molecule has 6 aromatic rings. The van der Waals surface area contributed by atoms with Crippen molar-refractivity contribution >= 4 is 38.9 Å². The van der Waals surface area contributed by atoms with Gasteiger partial charge in [0.25, 0.3) is 5.91 Å². The number of fused-ring (bicyclic) bond motifs is 5. The highest BCUT2D eigenvalue weighted by Crippen LogP contribution is 2.40. The van der Waals surface area contributed by atoms with Crippen molar-refractivity contribution in [1.29, 1.82) is 0 Å². The Morgan fingerprint density at radius 3 is 2.65 bits per heavy atom. The van der Waals surface area contributed by atoms with Crippen LogP contribution in [-0.4, -0.2) is 65.7 Å². The molecular formula is C37H37N7O4. The van der Waals surface area contributed by atoms with Gasteiger partial charge in [-0.05, 0) is 85.5 Å². The summed E-state index contributed by atoms with van der Waals surface area (Å²) in [7, 11) is 3.62. The van der Waals surface area contributed by atoms with E-state index in [-0.39, 0.29) is 30.2 Å². The van der Waals surface area contributed by atoms with Gasteiger partial charge in [0.2, 0.25) is 5.56 Å². The molecule has 244 valence electrons. The molecule has 3 atom stereocenters. The van der Waals surface area contributed by atoms with Crippen molar-refractivity contribution in [2.45, 2.75) is 50.9 Å². The number of ether oxygens (including phenoxy) is 1. The molecule has 5 heterocycles. The maximum Gasteiger partial charge on any atom is 0.254 e. The lowest BCUT2D eigenvalue weighted by Gasteiger charge is -2.27. The third-order valence-electron chi connectivity index (χ3n) is 10.8. The second-order valence-electron chi connectivity index (χ2n) is 13.8. The average molecular weight is 644 g/mol. The zero-order valence-corrected chi connectivity index (χ0v) is 26.9. The normalized spacial score (nSPS) is 20.5. The number of aliphatic hydroxyl groups excluding tert-OH is 1. The lowest BCUT2D eigenvalue weighted by Crippen LogP contribution is -2.41. The molecule has 11 nitrogen and oxygen atoms in total. The van der Waals surface area contributed by atoms with Crippen LogP contribution in [0.1, 0.15) is 41.6 Å². The molecule has 4 N–H and O–H groups in total. The smallest absolute Gasteiger partial charge is 0.254 e. The number of benzene rings is 2. The van der Waals surface area contributed by atoms with Crippen LogP contribution >= 0.6 is 0 Å². The minimum absolute atomic E-state index is 0.0178. The van der Waals surface area contributed by atoms with Gasteiger partial charge in [-0.3, -0.25) is 9.59 Å². The SMILES string of the molecule is COc1cc(C(=O)N2C[C@H]3CC[C@@H]2[C@@H]3N)cc2nc(-c3cc4ccc(-c5ccc6[nH]c(=O)cc(CO)c6c5)nc4n3CC3CC3)n(C)c12. The number of hydrogen-bond donors (Lipinski definition) is 3.